The summed E-state index contributed by atoms with van der Waals surface area (Å²) in [6.07, 6.45) is 0.971. The Morgan fingerprint density at radius 3 is 2.47 bits per heavy atom. The number of carboxylic acid groups (broad SMARTS) is 1. The maximum atomic E-state index is 11.3. The molecule has 1 heterocycles. The molecule has 2 rings (SSSR count). The molecule has 0 aliphatic heterocycles. The summed E-state index contributed by atoms with van der Waals surface area (Å²) in [6, 6.07) is 4.95. The van der Waals surface area contributed by atoms with Crippen molar-refractivity contribution in [1.82, 2.24) is 5.16 Å². The molecule has 1 aromatic carbocycles. The van der Waals surface area contributed by atoms with E-state index in [1.54, 1.807) is 0 Å². The topological polar surface area (TPSA) is 118 Å². The van der Waals surface area contributed by atoms with Gasteiger partial charge in [-0.15, -0.1) is 0 Å². The third kappa shape index (κ3) is 2.58. The quantitative estimate of drug-likeness (QED) is 0.867. The Bertz CT molecular complexity index is 746. The number of carbonyl (C=O) groups is 1. The summed E-state index contributed by atoms with van der Waals surface area (Å²) in [5.74, 6) is -1.56. The van der Waals surface area contributed by atoms with Crippen LogP contribution >= 0.6 is 0 Å². The van der Waals surface area contributed by atoms with Gasteiger partial charge in [0, 0.05) is 17.9 Å². The Kier molecular flexibility index (Phi) is 3.03. The number of carboxylic acids is 1. The lowest BCUT2D eigenvalue weighted by atomic mass is 10.1. The Balaban J connectivity index is 2.47. The molecule has 0 amide bonds. The molecule has 0 bridgehead atoms. The molecule has 2 aromatic rings. The Morgan fingerprint density at radius 2 is 2.00 bits per heavy atom. The van der Waals surface area contributed by atoms with E-state index in [9.17, 15) is 18.3 Å². The third-order valence-corrected chi connectivity index (χ3v) is 3.52. The van der Waals surface area contributed by atoms with Gasteiger partial charge in [-0.2, -0.15) is 0 Å². The molecule has 0 spiro atoms. The largest absolute Gasteiger partial charge is 0.507 e. The summed E-state index contributed by atoms with van der Waals surface area (Å²) < 4.78 is 27.4. The van der Waals surface area contributed by atoms with Crippen molar-refractivity contribution in [2.45, 2.75) is 4.90 Å². The summed E-state index contributed by atoms with van der Waals surface area (Å²) >= 11 is 0. The maximum Gasteiger partial charge on any atom is 0.358 e. The molecule has 0 unspecified atom stereocenters. The fourth-order valence-corrected chi connectivity index (χ4v) is 2.25. The Morgan fingerprint density at radius 1 is 1.32 bits per heavy atom. The standard InChI is InChI=1S/C11H9NO6S/c1-19(16,17)10-3-2-6(4-8(10)13)9-5-7(11(14)15)12-18-9/h2-5,13H,1H3,(H,14,15). The van der Waals surface area contributed by atoms with Crippen molar-refractivity contribution in [3.05, 3.63) is 30.0 Å². The lowest BCUT2D eigenvalue weighted by Gasteiger charge is -2.03. The van der Waals surface area contributed by atoms with Gasteiger partial charge in [-0.25, -0.2) is 13.2 Å². The molecule has 1 aromatic heterocycles. The fraction of sp³-hybridized carbons (Fsp3) is 0.0909. The predicted molar refractivity (Wildman–Crippen MR) is 63.7 cm³/mol. The van der Waals surface area contributed by atoms with E-state index in [1.165, 1.54) is 24.3 Å². The number of aromatic nitrogens is 1. The van der Waals surface area contributed by atoms with Gasteiger partial charge in [0.05, 0.1) is 0 Å². The number of aromatic carboxylic acids is 1. The van der Waals surface area contributed by atoms with Gasteiger partial charge in [0.25, 0.3) is 0 Å². The lowest BCUT2D eigenvalue weighted by Crippen LogP contribution is -1.97. The Labute approximate surface area is 108 Å². The summed E-state index contributed by atoms with van der Waals surface area (Å²) in [7, 11) is -3.53. The van der Waals surface area contributed by atoms with Crippen molar-refractivity contribution < 1.29 is 27.9 Å². The number of rotatable bonds is 3. The van der Waals surface area contributed by atoms with Gasteiger partial charge in [0.15, 0.2) is 21.3 Å². The van der Waals surface area contributed by atoms with Gasteiger partial charge < -0.3 is 14.7 Å². The van der Waals surface area contributed by atoms with Gasteiger partial charge in [-0.05, 0) is 18.2 Å². The highest BCUT2D eigenvalue weighted by molar-refractivity contribution is 7.90. The zero-order valence-corrected chi connectivity index (χ0v) is 10.5. The van der Waals surface area contributed by atoms with Crippen LogP contribution in [0.2, 0.25) is 0 Å². The SMILES string of the molecule is CS(=O)(=O)c1ccc(-c2cc(C(=O)O)no2)cc1O. The van der Waals surface area contributed by atoms with E-state index >= 15 is 0 Å². The van der Waals surface area contributed by atoms with Gasteiger partial charge >= 0.3 is 5.97 Å². The number of phenolic OH excluding ortho intramolecular Hbond substituents is 1. The second-order valence-corrected chi connectivity index (χ2v) is 5.82. The van der Waals surface area contributed by atoms with Crippen LogP contribution in [0.25, 0.3) is 11.3 Å². The first-order chi connectivity index (χ1) is 8.79. The summed E-state index contributed by atoms with van der Waals surface area (Å²) in [5.41, 5.74) is 0.0478. The van der Waals surface area contributed by atoms with Crippen molar-refractivity contribution in [2.24, 2.45) is 0 Å². The Hall–Kier alpha value is -2.35. The predicted octanol–water partition coefficient (Wildman–Crippen LogP) is 1.15. The zero-order chi connectivity index (χ0) is 14.2. The molecule has 100 valence electrons. The lowest BCUT2D eigenvalue weighted by molar-refractivity contribution is 0.0686. The fourth-order valence-electron chi connectivity index (χ4n) is 1.50. The molecular formula is C11H9NO6S. The molecular weight excluding hydrogens is 274 g/mol. The number of aromatic hydroxyl groups is 1. The van der Waals surface area contributed by atoms with E-state index in [4.69, 9.17) is 9.63 Å². The number of hydrogen-bond donors (Lipinski definition) is 2. The first-order valence-electron chi connectivity index (χ1n) is 5.02. The molecule has 0 aliphatic rings. The van der Waals surface area contributed by atoms with E-state index in [0.717, 1.165) is 6.26 Å². The van der Waals surface area contributed by atoms with Crippen LogP contribution < -0.4 is 0 Å². The zero-order valence-electron chi connectivity index (χ0n) is 9.69. The normalized spacial score (nSPS) is 11.4. The van der Waals surface area contributed by atoms with Gasteiger partial charge in [-0.3, -0.25) is 0 Å². The van der Waals surface area contributed by atoms with E-state index < -0.39 is 21.6 Å². The molecule has 0 radical (unpaired) electrons. The van der Waals surface area contributed by atoms with E-state index in [-0.39, 0.29) is 16.3 Å². The number of benzene rings is 1. The third-order valence-electron chi connectivity index (χ3n) is 2.37. The molecule has 8 heteroatoms. The molecule has 19 heavy (non-hydrogen) atoms. The van der Waals surface area contributed by atoms with Crippen molar-refractivity contribution in [1.29, 1.82) is 0 Å². The average Bonchev–Trinajstić information content (AvgIpc) is 2.76. The first kappa shape index (κ1) is 13.1. The minimum Gasteiger partial charge on any atom is -0.507 e. The molecule has 0 fully saturated rings. The highest BCUT2D eigenvalue weighted by Crippen LogP contribution is 2.29. The van der Waals surface area contributed by atoms with Crippen LogP contribution in [0.5, 0.6) is 5.75 Å². The van der Waals surface area contributed by atoms with E-state index in [2.05, 4.69) is 5.16 Å². The second-order valence-electron chi connectivity index (χ2n) is 3.84. The second kappa shape index (κ2) is 4.39. The first-order valence-corrected chi connectivity index (χ1v) is 6.91. The smallest absolute Gasteiger partial charge is 0.358 e. The molecule has 0 saturated heterocycles. The number of sulfone groups is 1. The maximum absolute atomic E-state index is 11.3. The molecule has 2 N–H and O–H groups in total. The van der Waals surface area contributed by atoms with Crippen LogP contribution in [-0.2, 0) is 9.84 Å². The number of phenols is 1. The van der Waals surface area contributed by atoms with Crippen molar-refractivity contribution in [3.63, 3.8) is 0 Å². The van der Waals surface area contributed by atoms with Crippen molar-refractivity contribution >= 4 is 15.8 Å². The minimum absolute atomic E-state index is 0.118. The van der Waals surface area contributed by atoms with Gasteiger partial charge in [0.2, 0.25) is 0 Å². The van der Waals surface area contributed by atoms with Crippen LogP contribution in [0, 0.1) is 0 Å². The highest BCUT2D eigenvalue weighted by Gasteiger charge is 2.16. The molecule has 0 aliphatic carbocycles. The van der Waals surface area contributed by atoms with Crippen LogP contribution in [0.1, 0.15) is 10.5 Å². The van der Waals surface area contributed by atoms with E-state index in [1.807, 2.05) is 0 Å². The van der Waals surface area contributed by atoms with Gasteiger partial charge in [0.1, 0.15) is 10.6 Å². The average molecular weight is 283 g/mol. The minimum atomic E-state index is -3.53. The van der Waals surface area contributed by atoms with Gasteiger partial charge in [-0.1, -0.05) is 5.16 Å². The summed E-state index contributed by atoms with van der Waals surface area (Å²) in [5, 5.41) is 21.7. The molecule has 0 saturated carbocycles. The van der Waals surface area contributed by atoms with Crippen LogP contribution in [0.3, 0.4) is 0 Å². The van der Waals surface area contributed by atoms with Crippen LogP contribution in [0.4, 0.5) is 0 Å². The summed E-state index contributed by atoms with van der Waals surface area (Å²) in [4.78, 5) is 10.4. The van der Waals surface area contributed by atoms with Crippen molar-refractivity contribution in [3.8, 4) is 17.1 Å². The number of nitrogens with zero attached hydrogens (tertiary/aromatic N) is 1. The molecule has 7 nitrogen and oxygen atoms in total. The van der Waals surface area contributed by atoms with Crippen LogP contribution in [0.15, 0.2) is 33.7 Å². The monoisotopic (exact) mass is 283 g/mol. The summed E-state index contributed by atoms with van der Waals surface area (Å²) in [6.45, 7) is 0. The van der Waals surface area contributed by atoms with Crippen LogP contribution in [-0.4, -0.2) is 36.0 Å². The van der Waals surface area contributed by atoms with Crippen molar-refractivity contribution in [2.75, 3.05) is 6.26 Å². The highest BCUT2D eigenvalue weighted by atomic mass is 32.2. The molecule has 0 atom stereocenters. The van der Waals surface area contributed by atoms with E-state index in [0.29, 0.717) is 5.56 Å². The number of hydrogen-bond acceptors (Lipinski definition) is 6.